The normalized spacial score (nSPS) is 24.9. The second kappa shape index (κ2) is 6.55. The second-order valence-corrected chi connectivity index (χ2v) is 7.21. The third kappa shape index (κ3) is 3.93. The Kier molecular flexibility index (Phi) is 5.27. The Hall–Kier alpha value is -0.120. The Morgan fingerprint density at radius 2 is 1.74 bits per heavy atom. The molecular formula is C16H32N2O. The van der Waals surface area contributed by atoms with E-state index in [2.05, 4.69) is 30.9 Å². The summed E-state index contributed by atoms with van der Waals surface area (Å²) < 4.78 is 0. The molecule has 2 aliphatic rings. The van der Waals surface area contributed by atoms with Crippen LogP contribution in [0, 0.1) is 5.92 Å². The summed E-state index contributed by atoms with van der Waals surface area (Å²) in [5.74, 6) is 0.787. The van der Waals surface area contributed by atoms with E-state index in [1.165, 1.54) is 44.9 Å². The summed E-state index contributed by atoms with van der Waals surface area (Å²) in [7, 11) is 6.56. The number of aliphatic hydroxyl groups is 1. The molecule has 2 fully saturated rings. The van der Waals surface area contributed by atoms with Crippen molar-refractivity contribution in [1.82, 2.24) is 9.80 Å². The van der Waals surface area contributed by atoms with Crippen molar-refractivity contribution < 1.29 is 5.11 Å². The highest BCUT2D eigenvalue weighted by Crippen LogP contribution is 2.36. The fourth-order valence-corrected chi connectivity index (χ4v) is 3.96. The van der Waals surface area contributed by atoms with E-state index in [1.54, 1.807) is 0 Å². The van der Waals surface area contributed by atoms with Crippen LogP contribution in [0.15, 0.2) is 0 Å². The average molecular weight is 268 g/mol. The van der Waals surface area contributed by atoms with Gasteiger partial charge < -0.3 is 14.9 Å². The lowest BCUT2D eigenvalue weighted by atomic mass is 9.75. The van der Waals surface area contributed by atoms with Crippen molar-refractivity contribution in [2.24, 2.45) is 5.92 Å². The quantitative estimate of drug-likeness (QED) is 0.768. The summed E-state index contributed by atoms with van der Waals surface area (Å²) >= 11 is 0. The van der Waals surface area contributed by atoms with Crippen LogP contribution in [-0.2, 0) is 0 Å². The van der Waals surface area contributed by atoms with E-state index in [0.29, 0.717) is 5.54 Å². The van der Waals surface area contributed by atoms with Crippen LogP contribution in [0.2, 0.25) is 0 Å². The van der Waals surface area contributed by atoms with Gasteiger partial charge in [-0.3, -0.25) is 0 Å². The van der Waals surface area contributed by atoms with Crippen molar-refractivity contribution in [3.63, 3.8) is 0 Å². The molecule has 0 spiro atoms. The van der Waals surface area contributed by atoms with Crippen molar-refractivity contribution in [2.45, 2.75) is 63.0 Å². The van der Waals surface area contributed by atoms with Gasteiger partial charge in [-0.1, -0.05) is 25.7 Å². The lowest BCUT2D eigenvalue weighted by Crippen LogP contribution is -2.57. The lowest BCUT2D eigenvalue weighted by Gasteiger charge is -2.49. The van der Waals surface area contributed by atoms with Gasteiger partial charge in [0.25, 0.3) is 0 Å². The smallest absolute Gasteiger partial charge is 0.0669 e. The third-order valence-corrected chi connectivity index (χ3v) is 5.40. The minimum absolute atomic E-state index is 0.132. The average Bonchev–Trinajstić information content (AvgIpc) is 2.75. The molecule has 3 nitrogen and oxygen atoms in total. The molecule has 0 saturated heterocycles. The van der Waals surface area contributed by atoms with Gasteiger partial charge in [0.15, 0.2) is 0 Å². The zero-order chi connectivity index (χ0) is 13.9. The minimum Gasteiger partial charge on any atom is -0.392 e. The predicted molar refractivity (Wildman–Crippen MR) is 80.3 cm³/mol. The molecule has 0 amide bonds. The Morgan fingerprint density at radius 3 is 2.21 bits per heavy atom. The molecule has 1 unspecified atom stereocenters. The first-order chi connectivity index (χ1) is 9.02. The number of aliphatic hydroxyl groups excluding tert-OH is 1. The van der Waals surface area contributed by atoms with Crippen LogP contribution < -0.4 is 0 Å². The molecule has 0 aromatic heterocycles. The Labute approximate surface area is 119 Å². The van der Waals surface area contributed by atoms with Crippen LogP contribution in [0.4, 0.5) is 0 Å². The highest BCUT2D eigenvalue weighted by Gasteiger charge is 2.39. The number of hydrogen-bond donors (Lipinski definition) is 1. The molecule has 112 valence electrons. The molecule has 2 rings (SSSR count). The molecule has 0 aromatic carbocycles. The van der Waals surface area contributed by atoms with Crippen molar-refractivity contribution in [3.05, 3.63) is 0 Å². The Bertz CT molecular complexity index is 270. The van der Waals surface area contributed by atoms with Crippen molar-refractivity contribution in [3.8, 4) is 0 Å². The lowest BCUT2D eigenvalue weighted by molar-refractivity contribution is 0.0119. The van der Waals surface area contributed by atoms with Crippen LogP contribution in [0.25, 0.3) is 0 Å². The van der Waals surface area contributed by atoms with Crippen LogP contribution in [0.1, 0.15) is 51.4 Å². The van der Waals surface area contributed by atoms with E-state index in [9.17, 15) is 5.11 Å². The molecule has 0 radical (unpaired) electrons. The molecule has 2 aliphatic carbocycles. The van der Waals surface area contributed by atoms with E-state index < -0.39 is 0 Å². The zero-order valence-corrected chi connectivity index (χ0v) is 13.1. The molecule has 3 heteroatoms. The van der Waals surface area contributed by atoms with Gasteiger partial charge in [-0.15, -0.1) is 0 Å². The van der Waals surface area contributed by atoms with Gasteiger partial charge in [0.05, 0.1) is 6.10 Å². The molecule has 2 saturated carbocycles. The first kappa shape index (κ1) is 15.3. The molecular weight excluding hydrogens is 236 g/mol. The summed E-state index contributed by atoms with van der Waals surface area (Å²) in [6, 6.07) is 0. The van der Waals surface area contributed by atoms with Gasteiger partial charge in [-0.25, -0.2) is 0 Å². The molecule has 0 heterocycles. The largest absolute Gasteiger partial charge is 0.392 e. The Morgan fingerprint density at radius 1 is 1.11 bits per heavy atom. The van der Waals surface area contributed by atoms with E-state index in [0.717, 1.165) is 25.4 Å². The standard InChI is InChI=1S/C16H32N2O/c1-17(2)16(9-6-10-16)13-18(3)12-15(19)11-14-7-4-5-8-14/h14-15,19H,4-13H2,1-3H3. The monoisotopic (exact) mass is 268 g/mol. The maximum absolute atomic E-state index is 10.3. The van der Waals surface area contributed by atoms with E-state index in [4.69, 9.17) is 0 Å². The minimum atomic E-state index is -0.132. The highest BCUT2D eigenvalue weighted by molar-refractivity contribution is 4.98. The number of likely N-dealkylation sites (N-methyl/N-ethyl adjacent to an activating group) is 2. The van der Waals surface area contributed by atoms with Gasteiger partial charge >= 0.3 is 0 Å². The molecule has 1 atom stereocenters. The fourth-order valence-electron chi connectivity index (χ4n) is 3.96. The number of hydrogen-bond acceptors (Lipinski definition) is 3. The van der Waals surface area contributed by atoms with Gasteiger partial charge in [-0.2, -0.15) is 0 Å². The van der Waals surface area contributed by atoms with E-state index in [1.807, 2.05) is 0 Å². The molecule has 0 bridgehead atoms. The van der Waals surface area contributed by atoms with Gasteiger partial charge in [0.2, 0.25) is 0 Å². The maximum atomic E-state index is 10.3. The molecule has 19 heavy (non-hydrogen) atoms. The zero-order valence-electron chi connectivity index (χ0n) is 13.1. The van der Waals surface area contributed by atoms with Gasteiger partial charge in [-0.05, 0) is 52.7 Å². The van der Waals surface area contributed by atoms with Crippen LogP contribution in [0.3, 0.4) is 0 Å². The number of nitrogens with zero attached hydrogens (tertiary/aromatic N) is 2. The second-order valence-electron chi connectivity index (χ2n) is 7.21. The third-order valence-electron chi connectivity index (χ3n) is 5.40. The van der Waals surface area contributed by atoms with Crippen molar-refractivity contribution >= 4 is 0 Å². The summed E-state index contributed by atoms with van der Waals surface area (Å²) in [5.41, 5.74) is 0.377. The summed E-state index contributed by atoms with van der Waals surface area (Å²) in [6.07, 6.45) is 10.3. The van der Waals surface area contributed by atoms with Gasteiger partial charge in [0.1, 0.15) is 0 Å². The topological polar surface area (TPSA) is 26.7 Å². The SMILES string of the molecule is CN(CC(O)CC1CCCC1)CC1(N(C)C)CCC1. The van der Waals surface area contributed by atoms with E-state index >= 15 is 0 Å². The van der Waals surface area contributed by atoms with Crippen LogP contribution >= 0.6 is 0 Å². The maximum Gasteiger partial charge on any atom is 0.0669 e. The molecule has 0 aromatic rings. The first-order valence-corrected chi connectivity index (χ1v) is 8.06. The summed E-state index contributed by atoms with van der Waals surface area (Å²) in [5, 5.41) is 10.3. The van der Waals surface area contributed by atoms with Crippen LogP contribution in [-0.4, -0.2) is 60.8 Å². The first-order valence-electron chi connectivity index (χ1n) is 8.06. The van der Waals surface area contributed by atoms with Gasteiger partial charge in [0, 0.05) is 18.6 Å². The molecule has 0 aliphatic heterocycles. The fraction of sp³-hybridized carbons (Fsp3) is 1.00. The van der Waals surface area contributed by atoms with Crippen molar-refractivity contribution in [1.29, 1.82) is 0 Å². The van der Waals surface area contributed by atoms with Crippen molar-refractivity contribution in [2.75, 3.05) is 34.2 Å². The highest BCUT2D eigenvalue weighted by atomic mass is 16.3. The number of rotatable bonds is 7. The summed E-state index contributed by atoms with van der Waals surface area (Å²) in [6.45, 7) is 1.94. The van der Waals surface area contributed by atoms with Crippen LogP contribution in [0.5, 0.6) is 0 Å². The Balaban J connectivity index is 1.72. The van der Waals surface area contributed by atoms with E-state index in [-0.39, 0.29) is 6.10 Å². The predicted octanol–water partition coefficient (Wildman–Crippen LogP) is 2.34. The summed E-state index contributed by atoms with van der Waals surface area (Å²) in [4.78, 5) is 4.73. The molecule has 1 N–H and O–H groups in total.